The van der Waals surface area contributed by atoms with Crippen molar-refractivity contribution in [3.05, 3.63) is 77.0 Å². The zero-order valence-electron chi connectivity index (χ0n) is 18.4. The van der Waals surface area contributed by atoms with Gasteiger partial charge in [0.1, 0.15) is 5.76 Å². The van der Waals surface area contributed by atoms with Crippen LogP contribution < -0.4 is 0 Å². The van der Waals surface area contributed by atoms with Gasteiger partial charge >= 0.3 is 0 Å². The number of aromatic amines is 1. The molecule has 2 N–H and O–H groups in total. The van der Waals surface area contributed by atoms with Gasteiger partial charge in [0.25, 0.3) is 11.7 Å². The zero-order valence-corrected chi connectivity index (χ0v) is 18.4. The Morgan fingerprint density at radius 2 is 1.74 bits per heavy atom. The van der Waals surface area contributed by atoms with E-state index in [-0.39, 0.29) is 16.7 Å². The summed E-state index contributed by atoms with van der Waals surface area (Å²) in [5.74, 6) is -1.34. The lowest BCUT2D eigenvalue weighted by Gasteiger charge is -2.26. The minimum absolute atomic E-state index is 0.00615. The molecule has 160 valence electrons. The van der Waals surface area contributed by atoms with Crippen LogP contribution in [0, 0.1) is 0 Å². The number of carbonyl (C=O) groups excluding carboxylic acids is 2. The van der Waals surface area contributed by atoms with Crippen LogP contribution in [0.1, 0.15) is 56.8 Å². The number of hydrogen-bond acceptors (Lipinski definition) is 3. The third kappa shape index (κ3) is 3.54. The Labute approximate surface area is 182 Å². The van der Waals surface area contributed by atoms with E-state index in [2.05, 4.69) is 25.8 Å². The van der Waals surface area contributed by atoms with E-state index in [1.54, 1.807) is 11.1 Å². The standard InChI is InChI=1S/C26H28N2O3/c1-5-14-28-22(16-10-12-17(13-11-16)26(2,3)4)21(24(30)25(28)31)23(29)19-15-27-20-9-7-6-8-18(19)20/h6-13,15,22,27,29H,5,14H2,1-4H3/b23-21-. The Bertz CT molecular complexity index is 1180. The second-order valence-corrected chi connectivity index (χ2v) is 9.11. The Morgan fingerprint density at radius 1 is 1.06 bits per heavy atom. The van der Waals surface area contributed by atoms with Crippen molar-refractivity contribution in [1.82, 2.24) is 9.88 Å². The first-order valence-electron chi connectivity index (χ1n) is 10.7. The summed E-state index contributed by atoms with van der Waals surface area (Å²) in [6.45, 7) is 8.84. The molecule has 1 unspecified atom stereocenters. The van der Waals surface area contributed by atoms with Crippen LogP contribution in [0.25, 0.3) is 16.7 Å². The predicted molar refractivity (Wildman–Crippen MR) is 123 cm³/mol. The Hall–Kier alpha value is -3.34. The highest BCUT2D eigenvalue weighted by Gasteiger charge is 2.45. The normalized spacial score (nSPS) is 18.8. The molecule has 0 aliphatic carbocycles. The SMILES string of the molecule is CCCN1C(=O)C(=O)/C(=C(\O)c2c[nH]c3ccccc23)C1c1ccc(C(C)(C)C)cc1. The Kier molecular flexibility index (Phi) is 5.21. The van der Waals surface area contributed by atoms with Crippen LogP contribution in [-0.4, -0.2) is 33.2 Å². The highest BCUT2D eigenvalue weighted by molar-refractivity contribution is 6.46. The molecule has 4 rings (SSSR count). The third-order valence-corrected chi connectivity index (χ3v) is 5.94. The van der Waals surface area contributed by atoms with Crippen LogP contribution in [0.15, 0.2) is 60.3 Å². The molecule has 2 heterocycles. The van der Waals surface area contributed by atoms with E-state index in [4.69, 9.17) is 0 Å². The van der Waals surface area contributed by atoms with Crippen LogP contribution in [0.3, 0.4) is 0 Å². The van der Waals surface area contributed by atoms with Gasteiger partial charge in [-0.1, -0.05) is 70.2 Å². The molecule has 31 heavy (non-hydrogen) atoms. The van der Waals surface area contributed by atoms with Crippen molar-refractivity contribution in [2.45, 2.75) is 45.6 Å². The molecule has 1 fully saturated rings. The van der Waals surface area contributed by atoms with Crippen molar-refractivity contribution < 1.29 is 14.7 Å². The van der Waals surface area contributed by atoms with Gasteiger partial charge in [-0.25, -0.2) is 0 Å². The number of nitrogens with one attached hydrogen (secondary N) is 1. The van der Waals surface area contributed by atoms with Crippen molar-refractivity contribution in [3.63, 3.8) is 0 Å². The first kappa shape index (κ1) is 20.9. The first-order valence-corrected chi connectivity index (χ1v) is 10.7. The molecular formula is C26H28N2O3. The summed E-state index contributed by atoms with van der Waals surface area (Å²) in [6.07, 6.45) is 2.41. The quantitative estimate of drug-likeness (QED) is 0.344. The summed E-state index contributed by atoms with van der Waals surface area (Å²) in [7, 11) is 0. The first-order chi connectivity index (χ1) is 14.7. The van der Waals surface area contributed by atoms with Crippen molar-refractivity contribution >= 4 is 28.4 Å². The van der Waals surface area contributed by atoms with Crippen LogP contribution >= 0.6 is 0 Å². The fourth-order valence-electron chi connectivity index (χ4n) is 4.28. The third-order valence-electron chi connectivity index (χ3n) is 5.94. The maximum atomic E-state index is 13.1. The van der Waals surface area contributed by atoms with E-state index >= 15 is 0 Å². The number of likely N-dealkylation sites (tertiary alicyclic amines) is 1. The average molecular weight is 417 g/mol. The van der Waals surface area contributed by atoms with E-state index in [9.17, 15) is 14.7 Å². The van der Waals surface area contributed by atoms with Gasteiger partial charge < -0.3 is 15.0 Å². The van der Waals surface area contributed by atoms with Crippen molar-refractivity contribution in [2.24, 2.45) is 0 Å². The second kappa shape index (κ2) is 7.73. The lowest BCUT2D eigenvalue weighted by Crippen LogP contribution is -2.30. The second-order valence-electron chi connectivity index (χ2n) is 9.11. The van der Waals surface area contributed by atoms with Crippen LogP contribution in [0.4, 0.5) is 0 Å². The van der Waals surface area contributed by atoms with Gasteiger partial charge in [0.2, 0.25) is 0 Å². The predicted octanol–water partition coefficient (Wildman–Crippen LogP) is 5.30. The molecular weight excluding hydrogens is 388 g/mol. The van der Waals surface area contributed by atoms with Crippen LogP contribution in [0.2, 0.25) is 0 Å². The molecule has 1 aliphatic rings. The van der Waals surface area contributed by atoms with Gasteiger partial charge in [-0.3, -0.25) is 9.59 Å². The number of carbonyl (C=O) groups is 2. The van der Waals surface area contributed by atoms with Gasteiger partial charge in [0.15, 0.2) is 0 Å². The summed E-state index contributed by atoms with van der Waals surface area (Å²) in [4.78, 5) is 30.6. The zero-order chi connectivity index (χ0) is 22.3. The number of nitrogens with zero attached hydrogens (tertiary/aromatic N) is 1. The smallest absolute Gasteiger partial charge is 0.295 e. The van der Waals surface area contributed by atoms with E-state index in [1.165, 1.54) is 5.56 Å². The molecule has 0 saturated carbocycles. The molecule has 1 amide bonds. The molecule has 3 aromatic rings. The minimum atomic E-state index is -0.638. The number of H-pyrrole nitrogens is 1. The number of fused-ring (bicyclic) bond motifs is 1. The number of benzene rings is 2. The fourth-order valence-corrected chi connectivity index (χ4v) is 4.28. The lowest BCUT2D eigenvalue weighted by molar-refractivity contribution is -0.139. The summed E-state index contributed by atoms with van der Waals surface area (Å²) in [5, 5.41) is 12.1. The highest BCUT2D eigenvalue weighted by Crippen LogP contribution is 2.41. The van der Waals surface area contributed by atoms with Crippen molar-refractivity contribution in [2.75, 3.05) is 6.54 Å². The van der Waals surface area contributed by atoms with E-state index < -0.39 is 17.7 Å². The maximum absolute atomic E-state index is 13.1. The average Bonchev–Trinajstić information content (AvgIpc) is 3.28. The summed E-state index contributed by atoms with van der Waals surface area (Å²) < 4.78 is 0. The van der Waals surface area contributed by atoms with Gasteiger partial charge in [0.05, 0.1) is 11.6 Å². The monoisotopic (exact) mass is 416 g/mol. The number of ketones is 1. The number of aliphatic hydroxyl groups is 1. The Balaban J connectivity index is 1.89. The molecule has 0 radical (unpaired) electrons. The van der Waals surface area contributed by atoms with Gasteiger partial charge in [0, 0.05) is 29.2 Å². The lowest BCUT2D eigenvalue weighted by atomic mass is 9.85. The molecule has 0 spiro atoms. The summed E-state index contributed by atoms with van der Waals surface area (Å²) in [6, 6.07) is 15.0. The summed E-state index contributed by atoms with van der Waals surface area (Å²) in [5.41, 5.74) is 3.52. The molecule has 1 aliphatic heterocycles. The van der Waals surface area contributed by atoms with Crippen LogP contribution in [0.5, 0.6) is 0 Å². The van der Waals surface area contributed by atoms with E-state index in [1.807, 2.05) is 55.5 Å². The fraction of sp³-hybridized carbons (Fsp3) is 0.308. The van der Waals surface area contributed by atoms with E-state index in [0.717, 1.165) is 22.9 Å². The molecule has 1 aromatic heterocycles. The number of aliphatic hydroxyl groups excluding tert-OH is 1. The minimum Gasteiger partial charge on any atom is -0.507 e. The van der Waals surface area contributed by atoms with Crippen LogP contribution in [-0.2, 0) is 15.0 Å². The van der Waals surface area contributed by atoms with Gasteiger partial charge in [-0.2, -0.15) is 0 Å². The maximum Gasteiger partial charge on any atom is 0.295 e. The molecule has 0 bridgehead atoms. The number of para-hydroxylation sites is 1. The molecule has 1 saturated heterocycles. The number of rotatable bonds is 4. The number of Topliss-reactive ketones (excluding diaryl/α,β-unsaturated/α-hetero) is 1. The van der Waals surface area contributed by atoms with Crippen molar-refractivity contribution in [3.8, 4) is 0 Å². The summed E-state index contributed by atoms with van der Waals surface area (Å²) >= 11 is 0. The van der Waals surface area contributed by atoms with E-state index in [0.29, 0.717) is 12.1 Å². The van der Waals surface area contributed by atoms with Crippen molar-refractivity contribution in [1.29, 1.82) is 0 Å². The Morgan fingerprint density at radius 3 is 2.39 bits per heavy atom. The number of aromatic nitrogens is 1. The molecule has 5 heteroatoms. The molecule has 5 nitrogen and oxygen atoms in total. The largest absolute Gasteiger partial charge is 0.507 e. The highest BCUT2D eigenvalue weighted by atomic mass is 16.3. The number of amides is 1. The molecule has 1 atom stereocenters. The van der Waals surface area contributed by atoms with Gasteiger partial charge in [-0.15, -0.1) is 0 Å². The number of hydrogen-bond donors (Lipinski definition) is 2. The van der Waals surface area contributed by atoms with Gasteiger partial charge in [-0.05, 0) is 29.0 Å². The topological polar surface area (TPSA) is 73.4 Å². The molecule has 2 aromatic carbocycles.